The van der Waals surface area contributed by atoms with E-state index < -0.39 is 0 Å². The maximum atomic E-state index is 12.0. The van der Waals surface area contributed by atoms with Crippen LogP contribution in [0.2, 0.25) is 5.02 Å². The van der Waals surface area contributed by atoms with Crippen LogP contribution >= 0.6 is 27.5 Å². The molecule has 1 aliphatic rings. The molecule has 1 heterocycles. The Balaban J connectivity index is 2.43. The number of benzene rings is 1. The minimum absolute atomic E-state index is 0.00524. The van der Waals surface area contributed by atoms with Crippen LogP contribution in [0.25, 0.3) is 0 Å². The molecule has 1 aliphatic heterocycles. The van der Waals surface area contributed by atoms with Gasteiger partial charge in [-0.3, -0.25) is 4.79 Å². The maximum Gasteiger partial charge on any atom is 0.229 e. The van der Waals surface area contributed by atoms with Crippen molar-refractivity contribution >= 4 is 39.1 Å². The summed E-state index contributed by atoms with van der Waals surface area (Å²) in [5.74, 6) is 0.147. The van der Waals surface area contributed by atoms with Crippen LogP contribution in [0.4, 0.5) is 5.69 Å². The molecule has 16 heavy (non-hydrogen) atoms. The molecule has 0 spiro atoms. The van der Waals surface area contributed by atoms with Gasteiger partial charge in [0.2, 0.25) is 5.91 Å². The lowest BCUT2D eigenvalue weighted by atomic mass is 10.1. The number of fused-ring (bicyclic) bond motifs is 1. The molecule has 0 unspecified atom stereocenters. The average Bonchev–Trinajstić information content (AvgIpc) is 2.59. The largest absolute Gasteiger partial charge is 0.310 e. The Kier molecular flexibility index (Phi) is 3.27. The highest BCUT2D eigenvalue weighted by molar-refractivity contribution is 9.10. The Morgan fingerprint density at radius 1 is 1.50 bits per heavy atom. The van der Waals surface area contributed by atoms with Crippen molar-refractivity contribution in [1.82, 2.24) is 0 Å². The second-order valence-electron chi connectivity index (χ2n) is 4.29. The third kappa shape index (κ3) is 1.98. The molecular formula is C12H13BrClNO. The van der Waals surface area contributed by atoms with Crippen molar-refractivity contribution in [3.8, 4) is 0 Å². The molecule has 0 N–H and O–H groups in total. The van der Waals surface area contributed by atoms with Gasteiger partial charge in [0.15, 0.2) is 0 Å². The van der Waals surface area contributed by atoms with Crippen LogP contribution in [-0.2, 0) is 11.2 Å². The number of hydrogen-bond donors (Lipinski definition) is 0. The quantitative estimate of drug-likeness (QED) is 0.775. The Morgan fingerprint density at radius 2 is 2.19 bits per heavy atom. The lowest BCUT2D eigenvalue weighted by molar-refractivity contribution is -0.121. The summed E-state index contributed by atoms with van der Waals surface area (Å²) >= 11 is 9.61. The monoisotopic (exact) mass is 301 g/mol. The van der Waals surface area contributed by atoms with Gasteiger partial charge >= 0.3 is 0 Å². The number of nitrogens with zero attached hydrogens (tertiary/aromatic N) is 1. The topological polar surface area (TPSA) is 20.3 Å². The highest BCUT2D eigenvalue weighted by Crippen LogP contribution is 2.38. The van der Waals surface area contributed by atoms with Crippen molar-refractivity contribution < 1.29 is 4.79 Å². The molecule has 0 atom stereocenters. The number of halogens is 2. The van der Waals surface area contributed by atoms with Crippen molar-refractivity contribution in [2.45, 2.75) is 20.3 Å². The van der Waals surface area contributed by atoms with Gasteiger partial charge in [-0.15, -0.1) is 0 Å². The number of carbonyl (C=O) groups excluding carboxylic acids is 1. The first kappa shape index (κ1) is 11.9. The van der Waals surface area contributed by atoms with Crippen LogP contribution in [0.3, 0.4) is 0 Å². The van der Waals surface area contributed by atoms with E-state index in [-0.39, 0.29) is 11.8 Å². The number of anilines is 1. The number of hydrogen-bond acceptors (Lipinski definition) is 1. The van der Waals surface area contributed by atoms with E-state index in [2.05, 4.69) is 15.9 Å². The normalized spacial score (nSPS) is 14.4. The van der Waals surface area contributed by atoms with Crippen LogP contribution in [0.1, 0.15) is 19.4 Å². The molecule has 1 aromatic carbocycles. The smallest absolute Gasteiger partial charge is 0.229 e. The highest BCUT2D eigenvalue weighted by atomic mass is 79.9. The summed E-state index contributed by atoms with van der Waals surface area (Å²) in [7, 11) is 0. The van der Waals surface area contributed by atoms with E-state index in [1.165, 1.54) is 0 Å². The van der Waals surface area contributed by atoms with E-state index in [1.54, 1.807) is 4.90 Å². The van der Waals surface area contributed by atoms with Crippen molar-refractivity contribution in [3.05, 3.63) is 27.2 Å². The molecule has 2 nitrogen and oxygen atoms in total. The van der Waals surface area contributed by atoms with E-state index in [4.69, 9.17) is 11.6 Å². The Morgan fingerprint density at radius 3 is 2.81 bits per heavy atom. The first-order valence-corrected chi connectivity index (χ1v) is 6.47. The van der Waals surface area contributed by atoms with Gasteiger partial charge in [-0.05, 0) is 24.1 Å². The summed E-state index contributed by atoms with van der Waals surface area (Å²) in [6, 6.07) is 3.88. The fourth-order valence-corrected chi connectivity index (χ4v) is 2.97. The van der Waals surface area contributed by atoms with E-state index in [1.807, 2.05) is 26.0 Å². The van der Waals surface area contributed by atoms with Crippen molar-refractivity contribution in [3.63, 3.8) is 0 Å². The van der Waals surface area contributed by atoms with Crippen LogP contribution in [-0.4, -0.2) is 12.5 Å². The molecule has 0 fully saturated rings. The zero-order valence-corrected chi connectivity index (χ0v) is 11.6. The van der Waals surface area contributed by atoms with E-state index in [0.717, 1.165) is 28.7 Å². The summed E-state index contributed by atoms with van der Waals surface area (Å²) < 4.78 is 0.968. The predicted octanol–water partition coefficient (Wildman–Crippen LogP) is 3.65. The Labute approximate surface area is 109 Å². The molecule has 0 aliphatic carbocycles. The third-order valence-electron chi connectivity index (χ3n) is 2.74. The minimum Gasteiger partial charge on any atom is -0.310 e. The molecule has 2 rings (SSSR count). The van der Waals surface area contributed by atoms with Gasteiger partial charge in [-0.2, -0.15) is 0 Å². The SMILES string of the molecule is CC(C)C(=O)N1CCc2cc(Br)cc(Cl)c21. The van der Waals surface area contributed by atoms with Gasteiger partial charge in [0.05, 0.1) is 10.7 Å². The van der Waals surface area contributed by atoms with Gasteiger partial charge in [-0.25, -0.2) is 0 Å². The number of amides is 1. The summed E-state index contributed by atoms with van der Waals surface area (Å²) in [6.07, 6.45) is 0.882. The van der Waals surface area contributed by atoms with Crippen molar-refractivity contribution in [1.29, 1.82) is 0 Å². The molecule has 4 heteroatoms. The fraction of sp³-hybridized carbons (Fsp3) is 0.417. The molecular weight excluding hydrogens is 289 g/mol. The predicted molar refractivity (Wildman–Crippen MR) is 70.0 cm³/mol. The van der Waals surface area contributed by atoms with E-state index in [0.29, 0.717) is 5.02 Å². The fourth-order valence-electron chi connectivity index (χ4n) is 1.99. The van der Waals surface area contributed by atoms with E-state index in [9.17, 15) is 4.79 Å². The molecule has 1 aromatic rings. The molecule has 0 bridgehead atoms. The lowest BCUT2D eigenvalue weighted by Crippen LogP contribution is -2.32. The zero-order chi connectivity index (χ0) is 11.9. The first-order chi connectivity index (χ1) is 7.50. The molecule has 0 saturated heterocycles. The highest BCUT2D eigenvalue weighted by Gasteiger charge is 2.28. The number of carbonyl (C=O) groups is 1. The second kappa shape index (κ2) is 4.38. The number of rotatable bonds is 1. The standard InChI is InChI=1S/C12H13BrClNO/c1-7(2)12(16)15-4-3-8-5-9(13)6-10(14)11(8)15/h5-7H,3-4H2,1-2H3. The van der Waals surface area contributed by atoms with Crippen LogP contribution in [0, 0.1) is 5.92 Å². The average molecular weight is 303 g/mol. The first-order valence-electron chi connectivity index (χ1n) is 5.30. The molecule has 0 saturated carbocycles. The van der Waals surface area contributed by atoms with Gasteiger partial charge in [0.1, 0.15) is 0 Å². The molecule has 86 valence electrons. The Bertz CT molecular complexity index is 445. The van der Waals surface area contributed by atoms with Gasteiger partial charge < -0.3 is 4.90 Å². The summed E-state index contributed by atoms with van der Waals surface area (Å²) in [6.45, 7) is 4.56. The van der Waals surface area contributed by atoms with E-state index >= 15 is 0 Å². The van der Waals surface area contributed by atoms with Crippen LogP contribution < -0.4 is 4.90 Å². The third-order valence-corrected chi connectivity index (χ3v) is 3.49. The summed E-state index contributed by atoms with van der Waals surface area (Å²) in [5.41, 5.74) is 2.04. The summed E-state index contributed by atoms with van der Waals surface area (Å²) in [4.78, 5) is 13.8. The van der Waals surface area contributed by atoms with Crippen molar-refractivity contribution in [2.75, 3.05) is 11.4 Å². The maximum absolute atomic E-state index is 12.0. The minimum atomic E-state index is 0.00524. The van der Waals surface area contributed by atoms with Crippen LogP contribution in [0.5, 0.6) is 0 Å². The van der Waals surface area contributed by atoms with Crippen molar-refractivity contribution in [2.24, 2.45) is 5.92 Å². The lowest BCUT2D eigenvalue weighted by Gasteiger charge is -2.20. The zero-order valence-electron chi connectivity index (χ0n) is 9.26. The summed E-state index contributed by atoms with van der Waals surface area (Å²) in [5, 5.41) is 0.649. The van der Waals surface area contributed by atoms with Gasteiger partial charge in [-0.1, -0.05) is 41.4 Å². The van der Waals surface area contributed by atoms with Gasteiger partial charge in [0.25, 0.3) is 0 Å². The molecule has 0 aromatic heterocycles. The second-order valence-corrected chi connectivity index (χ2v) is 5.61. The van der Waals surface area contributed by atoms with Gasteiger partial charge in [0, 0.05) is 16.9 Å². The molecule has 1 amide bonds. The Hall–Kier alpha value is -0.540. The molecule has 0 radical (unpaired) electrons. The van der Waals surface area contributed by atoms with Crippen LogP contribution in [0.15, 0.2) is 16.6 Å².